The monoisotopic (exact) mass is 293 g/mol. The molecule has 9 atom stereocenters. The van der Waals surface area contributed by atoms with Gasteiger partial charge in [0.1, 0.15) is 42.7 Å². The Bertz CT molecular complexity index is 307. The van der Waals surface area contributed by atoms with Gasteiger partial charge in [0.25, 0.3) is 0 Å². The Morgan fingerprint density at radius 2 is 1.25 bits per heavy atom. The van der Waals surface area contributed by atoms with Crippen LogP contribution in [0, 0.1) is 6.10 Å². The molecule has 0 aromatic heterocycles. The van der Waals surface area contributed by atoms with Crippen molar-refractivity contribution in [2.45, 2.75) is 68.8 Å². The maximum atomic E-state index is 9.94. The average molecular weight is 293 g/mol. The summed E-state index contributed by atoms with van der Waals surface area (Å²) in [5.74, 6) is 0. The van der Waals surface area contributed by atoms with Crippen molar-refractivity contribution in [3.8, 4) is 0 Å². The summed E-state index contributed by atoms with van der Waals surface area (Å²) in [5, 5.41) is 58.6. The summed E-state index contributed by atoms with van der Waals surface area (Å²) >= 11 is 0. The molecular weight excluding hydrogens is 272 g/mol. The Kier molecular flexibility index (Phi) is 4.67. The van der Waals surface area contributed by atoms with Crippen molar-refractivity contribution in [2.75, 3.05) is 0 Å². The first-order valence-electron chi connectivity index (χ1n) is 6.53. The molecule has 2 rings (SSSR count). The highest BCUT2D eigenvalue weighted by atomic mass is 16.6. The fourth-order valence-corrected chi connectivity index (χ4v) is 2.51. The molecule has 0 saturated carbocycles. The Morgan fingerprint density at radius 1 is 0.700 bits per heavy atom. The highest BCUT2D eigenvalue weighted by Gasteiger charge is 2.53. The third-order valence-electron chi connectivity index (χ3n) is 3.90. The molecule has 0 bridgehead atoms. The summed E-state index contributed by atoms with van der Waals surface area (Å²) in [4.78, 5) is 0. The normalized spacial score (nSPS) is 54.9. The number of rotatable bonds is 1. The predicted octanol–water partition coefficient (Wildman–Crippen LogP) is -3.11. The highest BCUT2D eigenvalue weighted by molar-refractivity contribution is 5.11. The van der Waals surface area contributed by atoms with Crippen LogP contribution in [0.15, 0.2) is 0 Å². The van der Waals surface area contributed by atoms with Gasteiger partial charge >= 0.3 is 0 Å². The van der Waals surface area contributed by atoms with Crippen LogP contribution in [0.25, 0.3) is 0 Å². The van der Waals surface area contributed by atoms with Crippen molar-refractivity contribution in [3.05, 3.63) is 6.10 Å². The lowest BCUT2D eigenvalue weighted by atomic mass is 9.86. The third kappa shape index (κ3) is 2.58. The quantitative estimate of drug-likeness (QED) is 0.298. The van der Waals surface area contributed by atoms with Gasteiger partial charge in [-0.3, -0.25) is 0 Å². The topological polar surface area (TPSA) is 140 Å². The van der Waals surface area contributed by atoms with Crippen molar-refractivity contribution in [2.24, 2.45) is 0 Å². The molecule has 0 amide bonds. The van der Waals surface area contributed by atoms with E-state index in [0.29, 0.717) is 0 Å². The lowest BCUT2D eigenvalue weighted by molar-refractivity contribution is -0.258. The van der Waals surface area contributed by atoms with Crippen molar-refractivity contribution in [3.63, 3.8) is 0 Å². The van der Waals surface area contributed by atoms with E-state index in [0.717, 1.165) is 0 Å². The molecule has 117 valence electrons. The average Bonchev–Trinajstić information content (AvgIpc) is 2.42. The van der Waals surface area contributed by atoms with E-state index >= 15 is 0 Å². The second kappa shape index (κ2) is 5.82. The predicted molar refractivity (Wildman–Crippen MR) is 64.2 cm³/mol. The maximum absolute atomic E-state index is 9.94. The van der Waals surface area contributed by atoms with Crippen LogP contribution < -0.4 is 0 Å². The zero-order valence-electron chi connectivity index (χ0n) is 11.2. The Labute approximate surface area is 116 Å². The van der Waals surface area contributed by atoms with E-state index in [2.05, 4.69) is 0 Å². The van der Waals surface area contributed by atoms with Gasteiger partial charge in [-0.05, 0) is 13.8 Å². The molecule has 0 aliphatic carbocycles. The molecule has 1 radical (unpaired) electrons. The zero-order valence-corrected chi connectivity index (χ0v) is 11.2. The lowest BCUT2D eigenvalue weighted by Gasteiger charge is -2.47. The number of hydrogen-bond donors (Lipinski definition) is 6. The number of aliphatic hydroxyl groups is 6. The van der Waals surface area contributed by atoms with E-state index in [4.69, 9.17) is 9.47 Å². The van der Waals surface area contributed by atoms with Gasteiger partial charge in [-0.1, -0.05) is 0 Å². The summed E-state index contributed by atoms with van der Waals surface area (Å²) in [6, 6.07) is 0. The Balaban J connectivity index is 2.17. The van der Waals surface area contributed by atoms with Crippen LogP contribution in [0.3, 0.4) is 0 Å². The molecule has 0 spiro atoms. The first kappa shape index (κ1) is 16.1. The summed E-state index contributed by atoms with van der Waals surface area (Å²) in [6.45, 7) is 2.99. The van der Waals surface area contributed by atoms with Gasteiger partial charge in [0.05, 0.1) is 12.2 Å². The summed E-state index contributed by atoms with van der Waals surface area (Å²) in [5.41, 5.74) is 0. The van der Waals surface area contributed by atoms with Gasteiger partial charge in [-0.15, -0.1) is 0 Å². The third-order valence-corrected chi connectivity index (χ3v) is 3.90. The number of hydrogen-bond acceptors (Lipinski definition) is 8. The largest absolute Gasteiger partial charge is 0.388 e. The molecule has 20 heavy (non-hydrogen) atoms. The maximum Gasteiger partial charge on any atom is 0.160 e. The van der Waals surface area contributed by atoms with Crippen molar-refractivity contribution in [1.82, 2.24) is 0 Å². The smallest absolute Gasteiger partial charge is 0.160 e. The van der Waals surface area contributed by atoms with Crippen molar-refractivity contribution >= 4 is 0 Å². The van der Waals surface area contributed by atoms with Crippen LogP contribution >= 0.6 is 0 Å². The second-order valence-corrected chi connectivity index (χ2v) is 5.38. The van der Waals surface area contributed by atoms with Crippen LogP contribution in [-0.2, 0) is 9.47 Å². The molecule has 2 aliphatic heterocycles. The lowest BCUT2D eigenvalue weighted by Crippen LogP contribution is -2.64. The van der Waals surface area contributed by atoms with Crippen LogP contribution in [0.5, 0.6) is 0 Å². The van der Waals surface area contributed by atoms with Gasteiger partial charge in [0.15, 0.2) is 6.10 Å². The molecular formula is C12H21O8. The van der Waals surface area contributed by atoms with E-state index in [1.807, 2.05) is 0 Å². The number of ether oxygens (including phenoxy) is 2. The van der Waals surface area contributed by atoms with Crippen molar-refractivity contribution < 1.29 is 40.1 Å². The Morgan fingerprint density at radius 3 is 1.85 bits per heavy atom. The van der Waals surface area contributed by atoms with Gasteiger partial charge < -0.3 is 40.1 Å². The second-order valence-electron chi connectivity index (χ2n) is 5.38. The summed E-state index contributed by atoms with van der Waals surface area (Å²) in [7, 11) is 0. The van der Waals surface area contributed by atoms with E-state index in [9.17, 15) is 30.6 Å². The molecule has 2 saturated heterocycles. The van der Waals surface area contributed by atoms with Crippen LogP contribution in [-0.4, -0.2) is 85.6 Å². The number of aliphatic hydroxyl groups excluding tert-OH is 6. The minimum absolute atomic E-state index is 0.166. The van der Waals surface area contributed by atoms with E-state index in [-0.39, 0.29) is 6.10 Å². The van der Waals surface area contributed by atoms with Crippen molar-refractivity contribution in [1.29, 1.82) is 0 Å². The van der Waals surface area contributed by atoms with Crippen LogP contribution in [0.1, 0.15) is 13.8 Å². The first-order chi connectivity index (χ1) is 9.25. The summed E-state index contributed by atoms with van der Waals surface area (Å²) < 4.78 is 10.7. The van der Waals surface area contributed by atoms with E-state index < -0.39 is 54.9 Å². The van der Waals surface area contributed by atoms with Gasteiger partial charge in [0, 0.05) is 0 Å². The molecule has 6 N–H and O–H groups in total. The first-order valence-corrected chi connectivity index (χ1v) is 6.53. The highest BCUT2D eigenvalue weighted by Crippen LogP contribution is 2.35. The summed E-state index contributed by atoms with van der Waals surface area (Å²) in [6.07, 6.45) is -11.5. The van der Waals surface area contributed by atoms with Crippen LogP contribution in [0.4, 0.5) is 0 Å². The molecule has 0 aromatic rings. The molecule has 8 nitrogen and oxygen atoms in total. The fourth-order valence-electron chi connectivity index (χ4n) is 2.51. The van der Waals surface area contributed by atoms with Crippen LogP contribution in [0.2, 0.25) is 0 Å². The zero-order chi connectivity index (χ0) is 15.2. The fraction of sp³-hybridized carbons (Fsp3) is 0.917. The molecule has 2 aliphatic rings. The molecule has 2 fully saturated rings. The standard InChI is InChI=1S/C12H21O8/c1-3-5(13)7(15)9(17)11(19-3)12-10(18)8(16)6(14)4(2)20-12/h3-11,13-18H,1-2H3/t3-,4-,5-,6+,7+,8+,9-,10-,11?/m1/s1. The minimum Gasteiger partial charge on any atom is -0.388 e. The molecule has 0 aromatic carbocycles. The van der Waals surface area contributed by atoms with Gasteiger partial charge in [-0.2, -0.15) is 0 Å². The molecule has 2 heterocycles. The molecule has 8 heteroatoms. The molecule has 1 unspecified atom stereocenters. The Hall–Kier alpha value is -0.320. The van der Waals surface area contributed by atoms with E-state index in [1.165, 1.54) is 13.8 Å². The van der Waals surface area contributed by atoms with Gasteiger partial charge in [-0.25, -0.2) is 0 Å². The van der Waals surface area contributed by atoms with E-state index in [1.54, 1.807) is 0 Å². The minimum atomic E-state index is -1.56. The SMILES string of the molecule is C[C@H]1O[C](C2O[C@H](C)[C@@H](O)[C@H](O)[C@H]2O)[C@H](O)[C@@H](O)[C@H]1O. The van der Waals surface area contributed by atoms with Gasteiger partial charge in [0.2, 0.25) is 0 Å².